The molecule has 4 heteroatoms. The molecular weight excluding hydrogens is 222 g/mol. The number of nitrogens with zero attached hydrogens (tertiary/aromatic N) is 3. The summed E-state index contributed by atoms with van der Waals surface area (Å²) in [7, 11) is 0. The summed E-state index contributed by atoms with van der Waals surface area (Å²) in [5.41, 5.74) is 0. The van der Waals surface area contributed by atoms with E-state index in [0.29, 0.717) is 17.0 Å². The van der Waals surface area contributed by atoms with Gasteiger partial charge in [-0.25, -0.2) is 9.97 Å². The lowest BCUT2D eigenvalue weighted by Crippen LogP contribution is -2.43. The van der Waals surface area contributed by atoms with Crippen molar-refractivity contribution < 1.29 is 0 Å². The van der Waals surface area contributed by atoms with Crippen molar-refractivity contribution in [2.45, 2.75) is 39.2 Å². The van der Waals surface area contributed by atoms with Gasteiger partial charge in [0.05, 0.1) is 6.20 Å². The van der Waals surface area contributed by atoms with E-state index in [1.54, 1.807) is 12.5 Å². The topological polar surface area (TPSA) is 29.0 Å². The van der Waals surface area contributed by atoms with Gasteiger partial charge in [-0.15, -0.1) is 0 Å². The fourth-order valence-corrected chi connectivity index (χ4v) is 2.64. The minimum atomic E-state index is 0.557. The fraction of sp³-hybridized carbons (Fsp3) is 0.667. The SMILES string of the molecule is CC(C)C1CCCCN1c1ncncc1Cl. The van der Waals surface area contributed by atoms with Gasteiger partial charge in [0.15, 0.2) is 5.82 Å². The molecule has 0 N–H and O–H groups in total. The Balaban J connectivity index is 2.27. The van der Waals surface area contributed by atoms with E-state index in [-0.39, 0.29) is 0 Å². The average Bonchev–Trinajstić information content (AvgIpc) is 2.29. The first-order valence-electron chi connectivity index (χ1n) is 5.92. The van der Waals surface area contributed by atoms with Gasteiger partial charge in [-0.3, -0.25) is 0 Å². The summed E-state index contributed by atoms with van der Waals surface area (Å²) in [5, 5.41) is 0.662. The molecule has 1 aliphatic rings. The first-order valence-corrected chi connectivity index (χ1v) is 6.30. The number of rotatable bonds is 2. The monoisotopic (exact) mass is 239 g/mol. The summed E-state index contributed by atoms with van der Waals surface area (Å²) >= 11 is 6.16. The molecule has 1 aromatic rings. The molecular formula is C12H18ClN3. The van der Waals surface area contributed by atoms with Crippen LogP contribution in [0, 0.1) is 5.92 Å². The summed E-state index contributed by atoms with van der Waals surface area (Å²) in [6.07, 6.45) is 7.02. The number of aromatic nitrogens is 2. The Bertz CT molecular complexity index is 354. The van der Waals surface area contributed by atoms with Crippen molar-refractivity contribution in [1.82, 2.24) is 9.97 Å². The first kappa shape index (κ1) is 11.6. The zero-order chi connectivity index (χ0) is 11.5. The standard InChI is InChI=1S/C12H18ClN3/c1-9(2)11-5-3-4-6-16(11)12-10(13)7-14-8-15-12/h7-9,11H,3-6H2,1-2H3. The Morgan fingerprint density at radius 1 is 1.44 bits per heavy atom. The van der Waals surface area contributed by atoms with Crippen LogP contribution in [0.2, 0.25) is 5.02 Å². The van der Waals surface area contributed by atoms with Crippen LogP contribution in [0.3, 0.4) is 0 Å². The van der Waals surface area contributed by atoms with E-state index < -0.39 is 0 Å². The smallest absolute Gasteiger partial charge is 0.151 e. The molecule has 1 saturated heterocycles. The third kappa shape index (κ3) is 2.29. The predicted molar refractivity (Wildman–Crippen MR) is 66.9 cm³/mol. The first-order chi connectivity index (χ1) is 7.70. The van der Waals surface area contributed by atoms with E-state index in [0.717, 1.165) is 12.4 Å². The minimum Gasteiger partial charge on any atom is -0.352 e. The van der Waals surface area contributed by atoms with Crippen LogP contribution in [0.4, 0.5) is 5.82 Å². The van der Waals surface area contributed by atoms with Gasteiger partial charge in [-0.1, -0.05) is 25.4 Å². The van der Waals surface area contributed by atoms with E-state index in [9.17, 15) is 0 Å². The molecule has 1 fully saturated rings. The largest absolute Gasteiger partial charge is 0.352 e. The van der Waals surface area contributed by atoms with Crippen LogP contribution in [0.5, 0.6) is 0 Å². The molecule has 0 bridgehead atoms. The highest BCUT2D eigenvalue weighted by Gasteiger charge is 2.27. The third-order valence-corrected chi connectivity index (χ3v) is 3.51. The molecule has 1 unspecified atom stereocenters. The van der Waals surface area contributed by atoms with Gasteiger partial charge in [0.25, 0.3) is 0 Å². The Labute approximate surface area is 102 Å². The van der Waals surface area contributed by atoms with Crippen LogP contribution in [0.25, 0.3) is 0 Å². The normalized spacial score (nSPS) is 21.5. The minimum absolute atomic E-state index is 0.557. The third-order valence-electron chi connectivity index (χ3n) is 3.24. The molecule has 2 rings (SSSR count). The highest BCUT2D eigenvalue weighted by atomic mass is 35.5. The number of piperidine rings is 1. The lowest BCUT2D eigenvalue weighted by molar-refractivity contribution is 0.373. The summed E-state index contributed by atoms with van der Waals surface area (Å²) in [6, 6.07) is 0.557. The molecule has 1 aromatic heterocycles. The second-order valence-electron chi connectivity index (χ2n) is 4.69. The molecule has 0 radical (unpaired) electrons. The Morgan fingerprint density at radius 2 is 2.25 bits per heavy atom. The Morgan fingerprint density at radius 3 is 2.94 bits per heavy atom. The van der Waals surface area contributed by atoms with Crippen molar-refractivity contribution in [3.05, 3.63) is 17.5 Å². The number of halogens is 1. The maximum absolute atomic E-state index is 6.16. The average molecular weight is 240 g/mol. The molecule has 3 nitrogen and oxygen atoms in total. The van der Waals surface area contributed by atoms with Crippen LogP contribution in [-0.4, -0.2) is 22.6 Å². The van der Waals surface area contributed by atoms with E-state index in [1.807, 2.05) is 0 Å². The summed E-state index contributed by atoms with van der Waals surface area (Å²) in [5.74, 6) is 1.53. The summed E-state index contributed by atoms with van der Waals surface area (Å²) in [6.45, 7) is 5.58. The molecule has 16 heavy (non-hydrogen) atoms. The van der Waals surface area contributed by atoms with Crippen LogP contribution < -0.4 is 4.90 Å². The highest BCUT2D eigenvalue weighted by Crippen LogP contribution is 2.31. The van der Waals surface area contributed by atoms with Gasteiger partial charge in [0.1, 0.15) is 11.3 Å². The van der Waals surface area contributed by atoms with Crippen molar-refractivity contribution in [2.24, 2.45) is 5.92 Å². The molecule has 0 aromatic carbocycles. The molecule has 1 atom stereocenters. The van der Waals surface area contributed by atoms with Gasteiger partial charge in [0, 0.05) is 12.6 Å². The molecule has 0 amide bonds. The van der Waals surface area contributed by atoms with E-state index in [4.69, 9.17) is 11.6 Å². The zero-order valence-corrected chi connectivity index (χ0v) is 10.6. The highest BCUT2D eigenvalue weighted by molar-refractivity contribution is 6.32. The lowest BCUT2D eigenvalue weighted by Gasteiger charge is -2.39. The number of hydrogen-bond acceptors (Lipinski definition) is 3. The van der Waals surface area contributed by atoms with E-state index >= 15 is 0 Å². The molecule has 2 heterocycles. The van der Waals surface area contributed by atoms with Crippen molar-refractivity contribution in [2.75, 3.05) is 11.4 Å². The van der Waals surface area contributed by atoms with Crippen molar-refractivity contribution >= 4 is 17.4 Å². The van der Waals surface area contributed by atoms with Gasteiger partial charge >= 0.3 is 0 Å². The Kier molecular flexibility index (Phi) is 3.64. The summed E-state index contributed by atoms with van der Waals surface area (Å²) in [4.78, 5) is 10.6. The van der Waals surface area contributed by atoms with Crippen molar-refractivity contribution in [1.29, 1.82) is 0 Å². The van der Waals surface area contributed by atoms with Crippen molar-refractivity contribution in [3.8, 4) is 0 Å². The number of hydrogen-bond donors (Lipinski definition) is 0. The van der Waals surface area contributed by atoms with Crippen LogP contribution >= 0.6 is 11.6 Å². The fourth-order valence-electron chi connectivity index (χ4n) is 2.43. The van der Waals surface area contributed by atoms with E-state index in [2.05, 4.69) is 28.7 Å². The molecule has 1 aliphatic heterocycles. The van der Waals surface area contributed by atoms with Gasteiger partial charge in [0.2, 0.25) is 0 Å². The maximum Gasteiger partial charge on any atom is 0.151 e. The zero-order valence-electron chi connectivity index (χ0n) is 9.86. The lowest BCUT2D eigenvalue weighted by atomic mass is 9.93. The quantitative estimate of drug-likeness (QED) is 0.794. The van der Waals surface area contributed by atoms with Crippen LogP contribution in [0.15, 0.2) is 12.5 Å². The molecule has 0 aliphatic carbocycles. The molecule has 0 saturated carbocycles. The molecule has 88 valence electrons. The predicted octanol–water partition coefficient (Wildman–Crippen LogP) is 3.14. The van der Waals surface area contributed by atoms with Gasteiger partial charge < -0.3 is 4.90 Å². The van der Waals surface area contributed by atoms with Gasteiger partial charge in [-0.2, -0.15) is 0 Å². The van der Waals surface area contributed by atoms with E-state index in [1.165, 1.54) is 19.3 Å². The van der Waals surface area contributed by atoms with Crippen molar-refractivity contribution in [3.63, 3.8) is 0 Å². The second kappa shape index (κ2) is 5.00. The van der Waals surface area contributed by atoms with Gasteiger partial charge in [-0.05, 0) is 25.2 Å². The second-order valence-corrected chi connectivity index (χ2v) is 5.10. The van der Waals surface area contributed by atoms with Crippen LogP contribution in [-0.2, 0) is 0 Å². The molecule has 0 spiro atoms. The number of anilines is 1. The maximum atomic E-state index is 6.16. The summed E-state index contributed by atoms with van der Waals surface area (Å²) < 4.78 is 0. The van der Waals surface area contributed by atoms with Crippen LogP contribution in [0.1, 0.15) is 33.1 Å². The Hall–Kier alpha value is -0.830.